The van der Waals surface area contributed by atoms with E-state index in [-0.39, 0.29) is 0 Å². The van der Waals surface area contributed by atoms with E-state index in [9.17, 15) is 0 Å². The Kier molecular flexibility index (Phi) is 3.30. The number of dihydropyridines is 1. The molecule has 0 amide bonds. The van der Waals surface area contributed by atoms with Crippen molar-refractivity contribution in [1.82, 2.24) is 5.32 Å². The molecule has 1 heterocycles. The molecule has 1 aliphatic heterocycles. The van der Waals surface area contributed by atoms with Gasteiger partial charge >= 0.3 is 0 Å². The first kappa shape index (κ1) is 8.47. The number of hydrogen-bond donors (Lipinski definition) is 1. The first-order chi connectivity index (χ1) is 5.29. The third-order valence-electron chi connectivity index (χ3n) is 1.61. The van der Waals surface area contributed by atoms with E-state index in [0.29, 0.717) is 6.04 Å². The monoisotopic (exact) mass is 152 g/mol. The highest BCUT2D eigenvalue weighted by Crippen LogP contribution is 1.95. The molecule has 0 aromatic rings. The van der Waals surface area contributed by atoms with E-state index in [1.165, 1.54) is 5.71 Å². The molecule has 0 atom stereocenters. The van der Waals surface area contributed by atoms with E-state index >= 15 is 0 Å². The Labute approximate surface area is 68.4 Å². The Morgan fingerprint density at radius 1 is 1.64 bits per heavy atom. The first-order valence-electron chi connectivity index (χ1n) is 4.22. The van der Waals surface area contributed by atoms with Crippen molar-refractivity contribution in [3.05, 3.63) is 12.2 Å². The minimum absolute atomic E-state index is 0.549. The van der Waals surface area contributed by atoms with Crippen molar-refractivity contribution in [2.24, 2.45) is 4.99 Å². The van der Waals surface area contributed by atoms with E-state index in [0.717, 1.165) is 19.5 Å². The topological polar surface area (TPSA) is 24.4 Å². The molecular formula is C9H16N2. The molecule has 2 heteroatoms. The summed E-state index contributed by atoms with van der Waals surface area (Å²) < 4.78 is 0. The van der Waals surface area contributed by atoms with Gasteiger partial charge in [-0.3, -0.25) is 4.99 Å². The summed E-state index contributed by atoms with van der Waals surface area (Å²) in [4.78, 5) is 4.37. The highest BCUT2D eigenvalue weighted by atomic mass is 14.9. The Morgan fingerprint density at radius 3 is 3.00 bits per heavy atom. The van der Waals surface area contributed by atoms with Gasteiger partial charge < -0.3 is 5.32 Å². The standard InChI is InChI=1S/C9H16N2/c1-8(2)11-7-9-5-3-4-6-10-9/h3,5,8,11H,4,6-7H2,1-2H3. The van der Waals surface area contributed by atoms with Crippen LogP contribution in [0.25, 0.3) is 0 Å². The summed E-state index contributed by atoms with van der Waals surface area (Å²) in [5.41, 5.74) is 1.19. The van der Waals surface area contributed by atoms with Gasteiger partial charge in [0.2, 0.25) is 0 Å². The molecule has 0 saturated heterocycles. The fraction of sp³-hybridized carbons (Fsp3) is 0.667. The lowest BCUT2D eigenvalue weighted by Crippen LogP contribution is -2.29. The van der Waals surface area contributed by atoms with Crippen LogP contribution >= 0.6 is 0 Å². The molecule has 1 rings (SSSR count). The molecule has 0 bridgehead atoms. The van der Waals surface area contributed by atoms with Crippen molar-refractivity contribution in [2.75, 3.05) is 13.1 Å². The van der Waals surface area contributed by atoms with Gasteiger partial charge in [-0.1, -0.05) is 19.9 Å². The van der Waals surface area contributed by atoms with Gasteiger partial charge in [-0.05, 0) is 12.5 Å². The lowest BCUT2D eigenvalue weighted by atomic mass is 10.2. The highest BCUT2D eigenvalue weighted by Gasteiger charge is 1.98. The van der Waals surface area contributed by atoms with E-state index in [4.69, 9.17) is 0 Å². The van der Waals surface area contributed by atoms with Crippen LogP contribution in [-0.2, 0) is 0 Å². The minimum atomic E-state index is 0.549. The third-order valence-corrected chi connectivity index (χ3v) is 1.61. The molecule has 0 unspecified atom stereocenters. The summed E-state index contributed by atoms with van der Waals surface area (Å²) in [6, 6.07) is 0.549. The minimum Gasteiger partial charge on any atom is -0.309 e. The Morgan fingerprint density at radius 2 is 2.45 bits per heavy atom. The molecule has 0 aromatic carbocycles. The van der Waals surface area contributed by atoms with Crippen LogP contribution in [0.15, 0.2) is 17.1 Å². The number of nitrogens with zero attached hydrogens (tertiary/aromatic N) is 1. The van der Waals surface area contributed by atoms with Gasteiger partial charge in [-0.25, -0.2) is 0 Å². The molecule has 0 aromatic heterocycles. The van der Waals surface area contributed by atoms with Gasteiger partial charge in [0.1, 0.15) is 0 Å². The molecule has 62 valence electrons. The molecule has 0 saturated carbocycles. The van der Waals surface area contributed by atoms with Gasteiger partial charge in [0.25, 0.3) is 0 Å². The normalized spacial score (nSPS) is 17.2. The maximum Gasteiger partial charge on any atom is 0.0483 e. The number of aliphatic imine (C=N–C) groups is 1. The predicted octanol–water partition coefficient (Wildman–Crippen LogP) is 1.39. The zero-order chi connectivity index (χ0) is 8.10. The van der Waals surface area contributed by atoms with Crippen LogP contribution in [-0.4, -0.2) is 24.8 Å². The zero-order valence-electron chi connectivity index (χ0n) is 7.30. The smallest absolute Gasteiger partial charge is 0.0483 e. The van der Waals surface area contributed by atoms with Crippen LogP contribution in [0.1, 0.15) is 20.3 Å². The molecular weight excluding hydrogens is 136 g/mol. The maximum absolute atomic E-state index is 4.37. The molecule has 0 fully saturated rings. The SMILES string of the molecule is CC(C)NCC1=NCCC=C1. The van der Waals surface area contributed by atoms with E-state index in [1.54, 1.807) is 0 Å². The van der Waals surface area contributed by atoms with Crippen LogP contribution in [0.2, 0.25) is 0 Å². The summed E-state index contributed by atoms with van der Waals surface area (Å²) in [5.74, 6) is 0. The van der Waals surface area contributed by atoms with Crippen molar-refractivity contribution in [2.45, 2.75) is 26.3 Å². The summed E-state index contributed by atoms with van der Waals surface area (Å²) in [6.07, 6.45) is 5.40. The van der Waals surface area contributed by atoms with Crippen LogP contribution in [0, 0.1) is 0 Å². The van der Waals surface area contributed by atoms with Crippen LogP contribution < -0.4 is 5.32 Å². The second kappa shape index (κ2) is 4.29. The van der Waals surface area contributed by atoms with Crippen molar-refractivity contribution in [1.29, 1.82) is 0 Å². The molecule has 1 aliphatic rings. The van der Waals surface area contributed by atoms with Crippen molar-refractivity contribution >= 4 is 5.71 Å². The zero-order valence-corrected chi connectivity index (χ0v) is 7.30. The Hall–Kier alpha value is -0.630. The molecule has 11 heavy (non-hydrogen) atoms. The van der Waals surface area contributed by atoms with Crippen LogP contribution in [0.3, 0.4) is 0 Å². The lowest BCUT2D eigenvalue weighted by Gasteiger charge is -2.09. The number of nitrogens with one attached hydrogen (secondary N) is 1. The molecule has 0 spiro atoms. The van der Waals surface area contributed by atoms with Gasteiger partial charge in [0.05, 0.1) is 0 Å². The third kappa shape index (κ3) is 3.33. The highest BCUT2D eigenvalue weighted by molar-refractivity contribution is 5.97. The van der Waals surface area contributed by atoms with Crippen LogP contribution in [0.4, 0.5) is 0 Å². The Balaban J connectivity index is 2.25. The number of rotatable bonds is 3. The molecule has 0 aliphatic carbocycles. The summed E-state index contributed by atoms with van der Waals surface area (Å²) in [6.45, 7) is 6.17. The first-order valence-corrected chi connectivity index (χ1v) is 4.22. The second-order valence-corrected chi connectivity index (χ2v) is 3.10. The Bertz CT molecular complexity index is 168. The van der Waals surface area contributed by atoms with E-state index in [2.05, 4.69) is 36.3 Å². The van der Waals surface area contributed by atoms with Crippen LogP contribution in [0.5, 0.6) is 0 Å². The van der Waals surface area contributed by atoms with Gasteiger partial charge in [-0.2, -0.15) is 0 Å². The molecule has 0 radical (unpaired) electrons. The fourth-order valence-corrected chi connectivity index (χ4v) is 0.978. The number of hydrogen-bond acceptors (Lipinski definition) is 2. The van der Waals surface area contributed by atoms with Gasteiger partial charge in [0.15, 0.2) is 0 Å². The quantitative estimate of drug-likeness (QED) is 0.649. The average Bonchev–Trinajstić information content (AvgIpc) is 2.03. The summed E-state index contributed by atoms with van der Waals surface area (Å²) in [5, 5.41) is 3.33. The van der Waals surface area contributed by atoms with E-state index in [1.807, 2.05) is 0 Å². The molecule has 1 N–H and O–H groups in total. The maximum atomic E-state index is 4.37. The van der Waals surface area contributed by atoms with E-state index < -0.39 is 0 Å². The summed E-state index contributed by atoms with van der Waals surface area (Å²) in [7, 11) is 0. The van der Waals surface area contributed by atoms with Crippen molar-refractivity contribution < 1.29 is 0 Å². The van der Waals surface area contributed by atoms with Gasteiger partial charge in [0, 0.05) is 24.8 Å². The fourth-order valence-electron chi connectivity index (χ4n) is 0.978. The second-order valence-electron chi connectivity index (χ2n) is 3.10. The predicted molar refractivity (Wildman–Crippen MR) is 49.2 cm³/mol. The lowest BCUT2D eigenvalue weighted by molar-refractivity contribution is 0.642. The van der Waals surface area contributed by atoms with Crippen molar-refractivity contribution in [3.63, 3.8) is 0 Å². The van der Waals surface area contributed by atoms with Crippen molar-refractivity contribution in [3.8, 4) is 0 Å². The average molecular weight is 152 g/mol. The van der Waals surface area contributed by atoms with Gasteiger partial charge in [-0.15, -0.1) is 0 Å². The largest absolute Gasteiger partial charge is 0.309 e. The summed E-state index contributed by atoms with van der Waals surface area (Å²) >= 11 is 0. The molecule has 2 nitrogen and oxygen atoms in total.